The van der Waals surface area contributed by atoms with Gasteiger partial charge in [0.25, 0.3) is 0 Å². The van der Waals surface area contributed by atoms with Crippen molar-refractivity contribution in [2.24, 2.45) is 11.8 Å². The highest BCUT2D eigenvalue weighted by molar-refractivity contribution is 4.74. The van der Waals surface area contributed by atoms with Crippen LogP contribution in [0.15, 0.2) is 12.7 Å². The van der Waals surface area contributed by atoms with Crippen LogP contribution < -0.4 is 11.3 Å². The molecule has 17 heavy (non-hydrogen) atoms. The van der Waals surface area contributed by atoms with Gasteiger partial charge in [0.1, 0.15) is 0 Å². The third-order valence-corrected chi connectivity index (χ3v) is 3.53. The molecule has 102 valence electrons. The molecule has 0 fully saturated rings. The third-order valence-electron chi connectivity index (χ3n) is 3.53. The van der Waals surface area contributed by atoms with Crippen LogP contribution in [-0.4, -0.2) is 6.04 Å². The fraction of sp³-hybridized carbons (Fsp3) is 0.867. The number of hydrogen-bond donors (Lipinski definition) is 2. The SMILES string of the molecule is C=CCCCCCC(NN)C(CCC)CCC. The van der Waals surface area contributed by atoms with Crippen molar-refractivity contribution in [1.82, 2.24) is 5.43 Å². The number of nitrogens with two attached hydrogens (primary N) is 1. The van der Waals surface area contributed by atoms with Crippen LogP contribution in [0.5, 0.6) is 0 Å². The van der Waals surface area contributed by atoms with E-state index in [0.29, 0.717) is 6.04 Å². The van der Waals surface area contributed by atoms with Gasteiger partial charge in [0, 0.05) is 6.04 Å². The van der Waals surface area contributed by atoms with Crippen LogP contribution in [0, 0.1) is 5.92 Å². The number of rotatable bonds is 12. The summed E-state index contributed by atoms with van der Waals surface area (Å²) in [4.78, 5) is 0. The number of allylic oxidation sites excluding steroid dienone is 1. The lowest BCUT2D eigenvalue weighted by molar-refractivity contribution is 0.292. The molecular weight excluding hydrogens is 208 g/mol. The normalized spacial score (nSPS) is 12.9. The van der Waals surface area contributed by atoms with Gasteiger partial charge < -0.3 is 0 Å². The van der Waals surface area contributed by atoms with Gasteiger partial charge in [-0.3, -0.25) is 11.3 Å². The maximum Gasteiger partial charge on any atom is 0.0238 e. The van der Waals surface area contributed by atoms with Crippen LogP contribution in [0.1, 0.15) is 71.6 Å². The summed E-state index contributed by atoms with van der Waals surface area (Å²) in [6, 6.07) is 0.513. The van der Waals surface area contributed by atoms with Gasteiger partial charge in [0.2, 0.25) is 0 Å². The molecule has 3 N–H and O–H groups in total. The third kappa shape index (κ3) is 8.39. The van der Waals surface area contributed by atoms with Crippen molar-refractivity contribution in [1.29, 1.82) is 0 Å². The zero-order chi connectivity index (χ0) is 12.9. The Kier molecular flexibility index (Phi) is 11.9. The van der Waals surface area contributed by atoms with Crippen molar-refractivity contribution >= 4 is 0 Å². The Morgan fingerprint density at radius 2 is 1.71 bits per heavy atom. The molecule has 1 atom stereocenters. The molecule has 0 heterocycles. The standard InChI is InChI=1S/C15H32N2/c1-4-7-8-9-10-13-15(17-16)14(11-5-2)12-6-3/h4,14-15,17H,1,5-13,16H2,2-3H3. The minimum absolute atomic E-state index is 0.513. The van der Waals surface area contributed by atoms with Crippen LogP contribution in [-0.2, 0) is 0 Å². The second kappa shape index (κ2) is 12.1. The lowest BCUT2D eigenvalue weighted by Crippen LogP contribution is -2.40. The van der Waals surface area contributed by atoms with Crippen LogP contribution in [0.2, 0.25) is 0 Å². The predicted octanol–water partition coefficient (Wildman–Crippen LogP) is 4.17. The van der Waals surface area contributed by atoms with Crippen molar-refractivity contribution in [3.63, 3.8) is 0 Å². The van der Waals surface area contributed by atoms with E-state index in [0.717, 1.165) is 12.3 Å². The van der Waals surface area contributed by atoms with E-state index < -0.39 is 0 Å². The first-order chi connectivity index (χ1) is 8.29. The van der Waals surface area contributed by atoms with Crippen molar-refractivity contribution in [3.05, 3.63) is 12.7 Å². The van der Waals surface area contributed by atoms with Gasteiger partial charge in [-0.05, 0) is 38.0 Å². The second-order valence-electron chi connectivity index (χ2n) is 5.04. The summed E-state index contributed by atoms with van der Waals surface area (Å²) in [5.41, 5.74) is 3.04. The van der Waals surface area contributed by atoms with E-state index in [2.05, 4.69) is 25.9 Å². The van der Waals surface area contributed by atoms with Crippen LogP contribution in [0.3, 0.4) is 0 Å². The molecule has 2 nitrogen and oxygen atoms in total. The lowest BCUT2D eigenvalue weighted by atomic mass is 9.87. The van der Waals surface area contributed by atoms with Gasteiger partial charge in [0.15, 0.2) is 0 Å². The monoisotopic (exact) mass is 240 g/mol. The smallest absolute Gasteiger partial charge is 0.0238 e. The quantitative estimate of drug-likeness (QED) is 0.232. The first-order valence-electron chi connectivity index (χ1n) is 7.37. The topological polar surface area (TPSA) is 38.0 Å². The Bertz CT molecular complexity index is 162. The fourth-order valence-corrected chi connectivity index (χ4v) is 2.57. The van der Waals surface area contributed by atoms with Gasteiger partial charge >= 0.3 is 0 Å². The van der Waals surface area contributed by atoms with Crippen LogP contribution in [0.4, 0.5) is 0 Å². The summed E-state index contributed by atoms with van der Waals surface area (Å²) in [5, 5.41) is 0. The molecule has 0 radical (unpaired) electrons. The number of unbranched alkanes of at least 4 members (excludes halogenated alkanes) is 3. The molecule has 0 aromatic carbocycles. The summed E-state index contributed by atoms with van der Waals surface area (Å²) in [5.74, 6) is 6.47. The lowest BCUT2D eigenvalue weighted by Gasteiger charge is -2.26. The van der Waals surface area contributed by atoms with E-state index in [4.69, 9.17) is 5.84 Å². The summed E-state index contributed by atoms with van der Waals surface area (Å²) < 4.78 is 0. The molecule has 2 heteroatoms. The molecule has 0 aliphatic heterocycles. The highest BCUT2D eigenvalue weighted by Crippen LogP contribution is 2.21. The van der Waals surface area contributed by atoms with Gasteiger partial charge in [0.05, 0.1) is 0 Å². The maximum absolute atomic E-state index is 5.71. The van der Waals surface area contributed by atoms with Crippen LogP contribution in [0.25, 0.3) is 0 Å². The molecular formula is C15H32N2. The van der Waals surface area contributed by atoms with Gasteiger partial charge in [-0.25, -0.2) is 0 Å². The Hall–Kier alpha value is -0.340. The molecule has 0 aliphatic rings. The summed E-state index contributed by atoms with van der Waals surface area (Å²) in [6.45, 7) is 8.28. The van der Waals surface area contributed by atoms with E-state index in [-0.39, 0.29) is 0 Å². The van der Waals surface area contributed by atoms with E-state index in [9.17, 15) is 0 Å². The molecule has 0 aliphatic carbocycles. The molecule has 1 unspecified atom stereocenters. The molecule has 0 aromatic heterocycles. The Balaban J connectivity index is 3.86. The zero-order valence-electron chi connectivity index (χ0n) is 11.9. The van der Waals surface area contributed by atoms with Gasteiger partial charge in [-0.1, -0.05) is 45.6 Å². The molecule has 0 saturated carbocycles. The Morgan fingerprint density at radius 1 is 1.06 bits per heavy atom. The second-order valence-corrected chi connectivity index (χ2v) is 5.04. The summed E-state index contributed by atoms with van der Waals surface area (Å²) >= 11 is 0. The number of hydrazine groups is 1. The average molecular weight is 240 g/mol. The average Bonchev–Trinajstić information content (AvgIpc) is 2.34. The van der Waals surface area contributed by atoms with Crippen molar-refractivity contribution in [3.8, 4) is 0 Å². The largest absolute Gasteiger partial charge is 0.271 e. The zero-order valence-corrected chi connectivity index (χ0v) is 11.9. The number of nitrogens with one attached hydrogen (secondary N) is 1. The summed E-state index contributed by atoms with van der Waals surface area (Å²) in [6.07, 6.45) is 13.4. The van der Waals surface area contributed by atoms with E-state index in [1.54, 1.807) is 0 Å². The molecule has 0 saturated heterocycles. The first-order valence-corrected chi connectivity index (χ1v) is 7.37. The van der Waals surface area contributed by atoms with E-state index in [1.165, 1.54) is 51.4 Å². The number of hydrogen-bond acceptors (Lipinski definition) is 2. The molecule has 0 amide bonds. The molecule has 0 aromatic rings. The van der Waals surface area contributed by atoms with Crippen molar-refractivity contribution in [2.45, 2.75) is 77.7 Å². The van der Waals surface area contributed by atoms with E-state index in [1.807, 2.05) is 6.08 Å². The van der Waals surface area contributed by atoms with Crippen molar-refractivity contribution < 1.29 is 0 Å². The van der Waals surface area contributed by atoms with Crippen LogP contribution >= 0.6 is 0 Å². The van der Waals surface area contributed by atoms with Crippen molar-refractivity contribution in [2.75, 3.05) is 0 Å². The molecule has 0 spiro atoms. The predicted molar refractivity (Wildman–Crippen MR) is 77.7 cm³/mol. The minimum atomic E-state index is 0.513. The fourth-order valence-electron chi connectivity index (χ4n) is 2.57. The molecule has 0 bridgehead atoms. The maximum atomic E-state index is 5.71. The highest BCUT2D eigenvalue weighted by Gasteiger charge is 2.18. The minimum Gasteiger partial charge on any atom is -0.271 e. The van der Waals surface area contributed by atoms with Gasteiger partial charge in [-0.2, -0.15) is 0 Å². The summed E-state index contributed by atoms with van der Waals surface area (Å²) in [7, 11) is 0. The molecule has 0 rings (SSSR count). The Labute approximate surface area is 108 Å². The van der Waals surface area contributed by atoms with E-state index >= 15 is 0 Å². The first kappa shape index (κ1) is 16.7. The highest BCUT2D eigenvalue weighted by atomic mass is 15.2. The Morgan fingerprint density at radius 3 is 2.18 bits per heavy atom. The van der Waals surface area contributed by atoms with Gasteiger partial charge in [-0.15, -0.1) is 6.58 Å².